The fourth-order valence-corrected chi connectivity index (χ4v) is 3.55. The van der Waals surface area contributed by atoms with Crippen LogP contribution in [0.5, 0.6) is 11.5 Å². The molecule has 162 valence electrons. The van der Waals surface area contributed by atoms with Crippen LogP contribution in [0.25, 0.3) is 5.57 Å². The molecule has 2 amide bonds. The molecule has 8 heteroatoms. The van der Waals surface area contributed by atoms with Gasteiger partial charge in [-0.15, -0.1) is 0 Å². The van der Waals surface area contributed by atoms with E-state index >= 15 is 0 Å². The topological polar surface area (TPSA) is 67.9 Å². The Bertz CT molecular complexity index is 1240. The van der Waals surface area contributed by atoms with E-state index in [0.29, 0.717) is 27.8 Å². The Labute approximate surface area is 188 Å². The Balaban J connectivity index is 1.87. The molecule has 0 radical (unpaired) electrons. The van der Waals surface area contributed by atoms with Gasteiger partial charge in [-0.05, 0) is 42.0 Å². The number of hydrogen-bond acceptors (Lipinski definition) is 5. The van der Waals surface area contributed by atoms with Crippen molar-refractivity contribution in [3.05, 3.63) is 88.8 Å². The van der Waals surface area contributed by atoms with E-state index in [1.165, 1.54) is 32.4 Å². The molecule has 3 aromatic carbocycles. The summed E-state index contributed by atoms with van der Waals surface area (Å²) in [5.41, 5.74) is 0.788. The lowest BCUT2D eigenvalue weighted by Crippen LogP contribution is -2.33. The van der Waals surface area contributed by atoms with E-state index in [-0.39, 0.29) is 17.0 Å². The van der Waals surface area contributed by atoms with Gasteiger partial charge in [-0.1, -0.05) is 35.9 Å². The third kappa shape index (κ3) is 3.78. The van der Waals surface area contributed by atoms with Crippen LogP contribution in [0.15, 0.2) is 72.4 Å². The minimum Gasteiger partial charge on any atom is -0.497 e. The summed E-state index contributed by atoms with van der Waals surface area (Å²) < 4.78 is 25.1. The van der Waals surface area contributed by atoms with E-state index in [1.807, 2.05) is 0 Å². The summed E-state index contributed by atoms with van der Waals surface area (Å²) in [5.74, 6) is -1.10. The summed E-state index contributed by atoms with van der Waals surface area (Å²) in [6.07, 6.45) is 0. The summed E-state index contributed by atoms with van der Waals surface area (Å²) in [4.78, 5) is 27.6. The summed E-state index contributed by atoms with van der Waals surface area (Å²) >= 11 is 5.99. The van der Waals surface area contributed by atoms with Crippen molar-refractivity contribution in [2.75, 3.05) is 24.4 Å². The molecule has 0 fully saturated rings. The minimum atomic E-state index is -0.699. The zero-order chi connectivity index (χ0) is 22.8. The molecule has 0 saturated carbocycles. The highest BCUT2D eigenvalue weighted by atomic mass is 35.5. The summed E-state index contributed by atoms with van der Waals surface area (Å²) in [6.45, 7) is 0. The molecule has 0 unspecified atom stereocenters. The lowest BCUT2D eigenvalue weighted by molar-refractivity contribution is -0.120. The Morgan fingerprint density at radius 2 is 1.62 bits per heavy atom. The highest BCUT2D eigenvalue weighted by Crippen LogP contribution is 2.37. The summed E-state index contributed by atoms with van der Waals surface area (Å²) in [5, 5.41) is 3.48. The lowest BCUT2D eigenvalue weighted by Gasteiger charge is -2.16. The molecule has 3 aromatic rings. The van der Waals surface area contributed by atoms with Gasteiger partial charge >= 0.3 is 0 Å². The van der Waals surface area contributed by atoms with Gasteiger partial charge in [0, 0.05) is 11.1 Å². The molecule has 0 atom stereocenters. The molecule has 0 spiro atoms. The fourth-order valence-electron chi connectivity index (χ4n) is 3.43. The Morgan fingerprint density at radius 1 is 0.906 bits per heavy atom. The van der Waals surface area contributed by atoms with Gasteiger partial charge in [0.2, 0.25) is 0 Å². The number of para-hydroxylation sites is 1. The highest BCUT2D eigenvalue weighted by Gasteiger charge is 2.41. The third-order valence-corrected chi connectivity index (χ3v) is 5.23. The van der Waals surface area contributed by atoms with Gasteiger partial charge < -0.3 is 14.8 Å². The number of imide groups is 1. The molecule has 1 heterocycles. The summed E-state index contributed by atoms with van der Waals surface area (Å²) in [6, 6.07) is 17.1. The van der Waals surface area contributed by atoms with E-state index in [0.717, 1.165) is 4.90 Å². The van der Waals surface area contributed by atoms with Crippen LogP contribution in [0, 0.1) is 5.82 Å². The molecule has 0 saturated heterocycles. The van der Waals surface area contributed by atoms with Gasteiger partial charge in [0.1, 0.15) is 23.0 Å². The van der Waals surface area contributed by atoms with Gasteiger partial charge in [0.15, 0.2) is 0 Å². The molecule has 1 aliphatic rings. The largest absolute Gasteiger partial charge is 0.497 e. The van der Waals surface area contributed by atoms with Crippen molar-refractivity contribution in [3.8, 4) is 11.5 Å². The van der Waals surface area contributed by atoms with Crippen LogP contribution < -0.4 is 19.7 Å². The molecule has 4 rings (SSSR count). The third-order valence-electron chi connectivity index (χ3n) is 4.98. The van der Waals surface area contributed by atoms with Crippen molar-refractivity contribution in [3.63, 3.8) is 0 Å². The van der Waals surface area contributed by atoms with Gasteiger partial charge in [-0.3, -0.25) is 9.59 Å². The highest BCUT2D eigenvalue weighted by molar-refractivity contribution is 6.46. The van der Waals surface area contributed by atoms with Crippen LogP contribution in [-0.4, -0.2) is 26.0 Å². The Kier molecular flexibility index (Phi) is 5.83. The van der Waals surface area contributed by atoms with Crippen molar-refractivity contribution in [2.24, 2.45) is 0 Å². The van der Waals surface area contributed by atoms with Crippen LogP contribution in [0.3, 0.4) is 0 Å². The molecule has 32 heavy (non-hydrogen) atoms. The maximum absolute atomic E-state index is 14.5. The zero-order valence-electron chi connectivity index (χ0n) is 17.2. The molecule has 1 aliphatic heterocycles. The number of nitrogens with zero attached hydrogens (tertiary/aromatic N) is 1. The minimum absolute atomic E-state index is 0.0212. The molecular formula is C24H18ClFN2O4. The molecule has 1 N–H and O–H groups in total. The van der Waals surface area contributed by atoms with Crippen LogP contribution in [0.1, 0.15) is 5.56 Å². The van der Waals surface area contributed by atoms with Crippen molar-refractivity contribution >= 4 is 40.4 Å². The van der Waals surface area contributed by atoms with Gasteiger partial charge in [0.25, 0.3) is 11.8 Å². The van der Waals surface area contributed by atoms with Crippen molar-refractivity contribution < 1.29 is 23.5 Å². The molecule has 6 nitrogen and oxygen atoms in total. The second-order valence-corrected chi connectivity index (χ2v) is 7.28. The monoisotopic (exact) mass is 452 g/mol. The van der Waals surface area contributed by atoms with Gasteiger partial charge in [-0.2, -0.15) is 0 Å². The van der Waals surface area contributed by atoms with E-state index in [9.17, 15) is 14.0 Å². The molecule has 0 bridgehead atoms. The quantitative estimate of drug-likeness (QED) is 0.539. The molecular weight excluding hydrogens is 435 g/mol. The SMILES string of the molecule is COc1ccc(OC)c(NC2=C(c3ccc(Cl)cc3)C(=O)N(c3ccccc3F)C2=O)c1. The average molecular weight is 453 g/mol. The molecule has 0 aromatic heterocycles. The normalized spacial score (nSPS) is 13.6. The number of amides is 2. The van der Waals surface area contributed by atoms with Crippen molar-refractivity contribution in [2.45, 2.75) is 0 Å². The maximum Gasteiger partial charge on any atom is 0.282 e. The van der Waals surface area contributed by atoms with Crippen LogP contribution in [-0.2, 0) is 9.59 Å². The number of halogens is 2. The smallest absolute Gasteiger partial charge is 0.282 e. The standard InChI is InChI=1S/C24H18ClFN2O4/c1-31-16-11-12-20(32-2)18(13-16)27-22-21(14-7-9-15(25)10-8-14)23(29)28(24(22)30)19-6-4-3-5-17(19)26/h3-13,27H,1-2H3. The average Bonchev–Trinajstić information content (AvgIpc) is 3.04. The first-order valence-electron chi connectivity index (χ1n) is 9.57. The van der Waals surface area contributed by atoms with Gasteiger partial charge in [-0.25, -0.2) is 9.29 Å². The number of carbonyl (C=O) groups is 2. The number of benzene rings is 3. The first-order chi connectivity index (χ1) is 15.4. The van der Waals surface area contributed by atoms with E-state index in [2.05, 4.69) is 5.32 Å². The number of anilines is 2. The second-order valence-electron chi connectivity index (χ2n) is 6.85. The number of nitrogens with one attached hydrogen (secondary N) is 1. The van der Waals surface area contributed by atoms with Gasteiger partial charge in [0.05, 0.1) is 31.2 Å². The maximum atomic E-state index is 14.5. The number of rotatable bonds is 6. The lowest BCUT2D eigenvalue weighted by atomic mass is 10.0. The molecule has 0 aliphatic carbocycles. The number of hydrogen-bond donors (Lipinski definition) is 1. The van der Waals surface area contributed by atoms with E-state index in [1.54, 1.807) is 48.5 Å². The predicted molar refractivity (Wildman–Crippen MR) is 120 cm³/mol. The Hall–Kier alpha value is -3.84. The van der Waals surface area contributed by atoms with Crippen molar-refractivity contribution in [1.82, 2.24) is 0 Å². The first kappa shape index (κ1) is 21.4. The Morgan fingerprint density at radius 3 is 2.28 bits per heavy atom. The first-order valence-corrected chi connectivity index (χ1v) is 9.95. The van der Waals surface area contributed by atoms with Crippen LogP contribution in [0.2, 0.25) is 5.02 Å². The number of ether oxygens (including phenoxy) is 2. The van der Waals surface area contributed by atoms with E-state index < -0.39 is 17.6 Å². The number of methoxy groups -OCH3 is 2. The number of carbonyl (C=O) groups excluding carboxylic acids is 2. The van der Waals surface area contributed by atoms with E-state index in [4.69, 9.17) is 21.1 Å². The fraction of sp³-hybridized carbons (Fsp3) is 0.0833. The summed E-state index contributed by atoms with van der Waals surface area (Å²) in [7, 11) is 2.99. The predicted octanol–water partition coefficient (Wildman–Crippen LogP) is 4.89. The van der Waals surface area contributed by atoms with Crippen LogP contribution in [0.4, 0.5) is 15.8 Å². The van der Waals surface area contributed by atoms with Crippen molar-refractivity contribution in [1.29, 1.82) is 0 Å². The zero-order valence-corrected chi connectivity index (χ0v) is 17.9. The second kappa shape index (κ2) is 8.72. The van der Waals surface area contributed by atoms with Crippen LogP contribution >= 0.6 is 11.6 Å².